The molecule has 0 saturated heterocycles. The van der Waals surface area contributed by atoms with E-state index in [-0.39, 0.29) is 0 Å². The van der Waals surface area contributed by atoms with E-state index in [1.165, 1.54) is 0 Å². The Morgan fingerprint density at radius 2 is 2.27 bits per heavy atom. The summed E-state index contributed by atoms with van der Waals surface area (Å²) >= 11 is 0. The van der Waals surface area contributed by atoms with Crippen molar-refractivity contribution in [2.45, 2.75) is 6.92 Å². The summed E-state index contributed by atoms with van der Waals surface area (Å²) in [6, 6.07) is 5.90. The zero-order chi connectivity index (χ0) is 10.7. The van der Waals surface area contributed by atoms with Crippen molar-refractivity contribution in [1.29, 1.82) is 0 Å². The van der Waals surface area contributed by atoms with Crippen LogP contribution in [0.15, 0.2) is 30.6 Å². The van der Waals surface area contributed by atoms with E-state index in [0.29, 0.717) is 0 Å². The number of hydrogen-bond donors (Lipinski definition) is 2. The Balaban J connectivity index is 2.22. The summed E-state index contributed by atoms with van der Waals surface area (Å²) in [5.74, 6) is 0.866. The molecule has 0 radical (unpaired) electrons. The van der Waals surface area contributed by atoms with Crippen molar-refractivity contribution in [3.05, 3.63) is 36.2 Å². The van der Waals surface area contributed by atoms with Crippen molar-refractivity contribution in [3.8, 4) is 5.75 Å². The first-order valence-corrected chi connectivity index (χ1v) is 4.70. The minimum atomic E-state index is 0.866. The maximum atomic E-state index is 5.14. The first kappa shape index (κ1) is 9.58. The van der Waals surface area contributed by atoms with Gasteiger partial charge in [-0.1, -0.05) is 0 Å². The Morgan fingerprint density at radius 1 is 1.40 bits per heavy atom. The van der Waals surface area contributed by atoms with E-state index < -0.39 is 0 Å². The molecule has 0 fully saturated rings. The fraction of sp³-hybridized carbons (Fsp3) is 0.182. The van der Waals surface area contributed by atoms with Gasteiger partial charge in [-0.3, -0.25) is 5.10 Å². The van der Waals surface area contributed by atoms with Gasteiger partial charge in [0.1, 0.15) is 5.75 Å². The molecule has 0 aliphatic rings. The number of nitrogens with zero attached hydrogens (tertiary/aromatic N) is 1. The average Bonchev–Trinajstić information content (AvgIpc) is 2.74. The summed E-state index contributed by atoms with van der Waals surface area (Å²) in [5.41, 5.74) is 3.14. The summed E-state index contributed by atoms with van der Waals surface area (Å²) in [4.78, 5) is 0. The molecule has 2 N–H and O–H groups in total. The highest BCUT2D eigenvalue weighted by Gasteiger charge is 2.01. The molecule has 0 aliphatic carbocycles. The van der Waals surface area contributed by atoms with Gasteiger partial charge >= 0.3 is 0 Å². The van der Waals surface area contributed by atoms with Crippen LogP contribution in [-0.4, -0.2) is 17.3 Å². The maximum Gasteiger partial charge on any atom is 0.119 e. The van der Waals surface area contributed by atoms with E-state index in [9.17, 15) is 0 Å². The average molecular weight is 203 g/mol. The van der Waals surface area contributed by atoms with Crippen LogP contribution in [0, 0.1) is 6.92 Å². The number of anilines is 2. The van der Waals surface area contributed by atoms with Crippen LogP contribution in [0.3, 0.4) is 0 Å². The molecule has 0 spiro atoms. The summed E-state index contributed by atoms with van der Waals surface area (Å²) < 4.78 is 5.14. The molecule has 2 rings (SSSR count). The first-order valence-electron chi connectivity index (χ1n) is 4.70. The molecule has 0 saturated carbocycles. The Labute approximate surface area is 88.3 Å². The molecule has 1 heterocycles. The van der Waals surface area contributed by atoms with Crippen LogP contribution in [0.1, 0.15) is 5.56 Å². The lowest BCUT2D eigenvalue weighted by Crippen LogP contribution is -1.92. The quantitative estimate of drug-likeness (QED) is 0.805. The van der Waals surface area contributed by atoms with Crippen LogP contribution in [0.25, 0.3) is 0 Å². The van der Waals surface area contributed by atoms with Crippen LogP contribution in [0.5, 0.6) is 5.75 Å². The number of nitrogens with one attached hydrogen (secondary N) is 2. The molecule has 1 aromatic carbocycles. The van der Waals surface area contributed by atoms with Crippen molar-refractivity contribution >= 4 is 11.4 Å². The predicted octanol–water partition coefficient (Wildman–Crippen LogP) is 2.47. The molecule has 0 aliphatic heterocycles. The SMILES string of the molecule is COc1ccc(Nc2cn[nH]c2)c(C)c1. The fourth-order valence-electron chi connectivity index (χ4n) is 1.38. The molecule has 0 amide bonds. The lowest BCUT2D eigenvalue weighted by atomic mass is 10.2. The number of aromatic nitrogens is 2. The molecule has 78 valence electrons. The second-order valence-electron chi connectivity index (χ2n) is 3.29. The van der Waals surface area contributed by atoms with E-state index in [1.54, 1.807) is 13.3 Å². The minimum Gasteiger partial charge on any atom is -0.497 e. The standard InChI is InChI=1S/C11H13N3O/c1-8-5-10(15-2)3-4-11(8)14-9-6-12-13-7-9/h3-7,14H,1-2H3,(H,12,13). The topological polar surface area (TPSA) is 49.9 Å². The highest BCUT2D eigenvalue weighted by atomic mass is 16.5. The number of H-pyrrole nitrogens is 1. The van der Waals surface area contributed by atoms with Crippen molar-refractivity contribution < 1.29 is 4.74 Å². The van der Waals surface area contributed by atoms with Gasteiger partial charge in [-0.05, 0) is 30.7 Å². The Kier molecular flexibility index (Phi) is 2.58. The molecule has 4 nitrogen and oxygen atoms in total. The summed E-state index contributed by atoms with van der Waals surface area (Å²) in [7, 11) is 1.66. The van der Waals surface area contributed by atoms with Gasteiger partial charge in [0, 0.05) is 11.9 Å². The van der Waals surface area contributed by atoms with Gasteiger partial charge in [-0.15, -0.1) is 0 Å². The van der Waals surface area contributed by atoms with Crippen molar-refractivity contribution in [2.75, 3.05) is 12.4 Å². The van der Waals surface area contributed by atoms with Crippen LogP contribution in [-0.2, 0) is 0 Å². The Hall–Kier alpha value is -1.97. The summed E-state index contributed by atoms with van der Waals surface area (Å²) in [6.45, 7) is 2.03. The molecule has 15 heavy (non-hydrogen) atoms. The van der Waals surface area contributed by atoms with Gasteiger partial charge in [0.2, 0.25) is 0 Å². The monoisotopic (exact) mass is 203 g/mol. The lowest BCUT2D eigenvalue weighted by molar-refractivity contribution is 0.414. The number of ether oxygens (including phenoxy) is 1. The van der Waals surface area contributed by atoms with E-state index >= 15 is 0 Å². The minimum absolute atomic E-state index is 0.866. The van der Waals surface area contributed by atoms with E-state index in [4.69, 9.17) is 4.74 Å². The highest BCUT2D eigenvalue weighted by Crippen LogP contribution is 2.23. The number of rotatable bonds is 3. The zero-order valence-corrected chi connectivity index (χ0v) is 8.74. The molecular weight excluding hydrogens is 190 g/mol. The predicted molar refractivity (Wildman–Crippen MR) is 59.6 cm³/mol. The largest absolute Gasteiger partial charge is 0.497 e. The van der Waals surface area contributed by atoms with Crippen LogP contribution in [0.4, 0.5) is 11.4 Å². The smallest absolute Gasteiger partial charge is 0.119 e. The third-order valence-corrected chi connectivity index (χ3v) is 2.21. The molecule has 4 heteroatoms. The van der Waals surface area contributed by atoms with Gasteiger partial charge in [0.05, 0.1) is 19.0 Å². The van der Waals surface area contributed by atoms with Gasteiger partial charge in [0.15, 0.2) is 0 Å². The lowest BCUT2D eigenvalue weighted by Gasteiger charge is -2.08. The molecule has 1 aromatic heterocycles. The first-order chi connectivity index (χ1) is 7.29. The van der Waals surface area contributed by atoms with Crippen LogP contribution >= 0.6 is 0 Å². The van der Waals surface area contributed by atoms with Crippen molar-refractivity contribution in [2.24, 2.45) is 0 Å². The van der Waals surface area contributed by atoms with Crippen molar-refractivity contribution in [3.63, 3.8) is 0 Å². The van der Waals surface area contributed by atoms with E-state index in [0.717, 1.165) is 22.7 Å². The van der Waals surface area contributed by atoms with Crippen LogP contribution in [0.2, 0.25) is 0 Å². The fourth-order valence-corrected chi connectivity index (χ4v) is 1.38. The Bertz CT molecular complexity index is 437. The van der Waals surface area contributed by atoms with Gasteiger partial charge in [-0.2, -0.15) is 5.10 Å². The van der Waals surface area contributed by atoms with E-state index in [2.05, 4.69) is 15.5 Å². The second kappa shape index (κ2) is 4.04. The molecule has 0 unspecified atom stereocenters. The molecular formula is C11H13N3O. The number of methoxy groups -OCH3 is 1. The number of hydrogen-bond acceptors (Lipinski definition) is 3. The van der Waals surface area contributed by atoms with Gasteiger partial charge < -0.3 is 10.1 Å². The van der Waals surface area contributed by atoms with Crippen molar-refractivity contribution in [1.82, 2.24) is 10.2 Å². The second-order valence-corrected chi connectivity index (χ2v) is 3.29. The third-order valence-electron chi connectivity index (χ3n) is 2.21. The van der Waals surface area contributed by atoms with Gasteiger partial charge in [0.25, 0.3) is 0 Å². The third kappa shape index (κ3) is 2.10. The number of aromatic amines is 1. The van der Waals surface area contributed by atoms with Gasteiger partial charge in [-0.25, -0.2) is 0 Å². The Morgan fingerprint density at radius 3 is 2.87 bits per heavy atom. The number of aryl methyl sites for hydroxylation is 1. The van der Waals surface area contributed by atoms with Crippen LogP contribution < -0.4 is 10.1 Å². The zero-order valence-electron chi connectivity index (χ0n) is 8.74. The molecule has 0 bridgehead atoms. The number of benzene rings is 1. The normalized spacial score (nSPS) is 10.0. The summed E-state index contributed by atoms with van der Waals surface area (Å²) in [5, 5.41) is 9.88. The summed E-state index contributed by atoms with van der Waals surface area (Å²) in [6.07, 6.45) is 3.55. The molecule has 0 atom stereocenters. The molecule has 2 aromatic rings. The maximum absolute atomic E-state index is 5.14. The van der Waals surface area contributed by atoms with E-state index in [1.807, 2.05) is 31.3 Å². The highest BCUT2D eigenvalue weighted by molar-refractivity contribution is 5.62.